The highest BCUT2D eigenvalue weighted by atomic mass is 32.1. The normalized spacial score (nSPS) is 16.3. The molecule has 1 aliphatic heterocycles. The van der Waals surface area contributed by atoms with Crippen molar-refractivity contribution in [3.8, 4) is 0 Å². The zero-order valence-corrected chi connectivity index (χ0v) is 16.5. The van der Waals surface area contributed by atoms with Crippen molar-refractivity contribution in [1.29, 1.82) is 0 Å². The summed E-state index contributed by atoms with van der Waals surface area (Å²) in [6.45, 7) is -0.460. The Balaban J connectivity index is 1.60. The van der Waals surface area contributed by atoms with E-state index in [1.54, 1.807) is 0 Å². The molecule has 2 amide bonds. The van der Waals surface area contributed by atoms with Crippen LogP contribution in [0.2, 0.25) is 0 Å². The van der Waals surface area contributed by atoms with Crippen molar-refractivity contribution in [3.63, 3.8) is 0 Å². The monoisotopic (exact) mass is 443 g/mol. The highest BCUT2D eigenvalue weighted by molar-refractivity contribution is 7.07. The Kier molecular flexibility index (Phi) is 6.41. The molecule has 13 heteroatoms. The molecular formula is C17H20F3N7O2S. The first kappa shape index (κ1) is 21.8. The van der Waals surface area contributed by atoms with Gasteiger partial charge in [0.2, 0.25) is 0 Å². The number of pyridine rings is 1. The molecule has 5 N–H and O–H groups in total. The molecule has 0 aromatic carbocycles. The quantitative estimate of drug-likeness (QED) is 0.624. The topological polar surface area (TPSA) is 130 Å². The second kappa shape index (κ2) is 8.83. The lowest BCUT2D eigenvalue weighted by molar-refractivity contribution is -0.185. The lowest BCUT2D eigenvalue weighted by atomic mass is 10.1. The molecule has 1 aliphatic rings. The summed E-state index contributed by atoms with van der Waals surface area (Å²) in [4.78, 5) is 34.8. The van der Waals surface area contributed by atoms with Crippen molar-refractivity contribution in [2.24, 2.45) is 0 Å². The number of amides is 2. The molecule has 1 atom stereocenters. The number of thiazole rings is 1. The van der Waals surface area contributed by atoms with Crippen molar-refractivity contribution < 1.29 is 22.8 Å². The summed E-state index contributed by atoms with van der Waals surface area (Å²) in [7, 11) is 0. The van der Waals surface area contributed by atoms with Crippen LogP contribution in [-0.2, 0) is 0 Å². The van der Waals surface area contributed by atoms with Gasteiger partial charge in [-0.05, 0) is 12.1 Å². The summed E-state index contributed by atoms with van der Waals surface area (Å²) in [6, 6.07) is 1.01. The van der Waals surface area contributed by atoms with E-state index >= 15 is 0 Å². The van der Waals surface area contributed by atoms with E-state index in [9.17, 15) is 22.8 Å². The van der Waals surface area contributed by atoms with Crippen LogP contribution >= 0.6 is 11.3 Å². The first-order chi connectivity index (χ1) is 14.2. The minimum atomic E-state index is -4.55. The van der Waals surface area contributed by atoms with Crippen molar-refractivity contribution >= 4 is 34.7 Å². The molecule has 162 valence electrons. The number of aromatic nitrogens is 2. The summed E-state index contributed by atoms with van der Waals surface area (Å²) in [5, 5.41) is 3.75. The van der Waals surface area contributed by atoms with Gasteiger partial charge in [0.15, 0.2) is 0 Å². The third-order valence-electron chi connectivity index (χ3n) is 4.72. The fourth-order valence-corrected chi connectivity index (χ4v) is 3.59. The number of piperazine rings is 1. The number of nitrogens with zero attached hydrogens (tertiary/aromatic N) is 4. The van der Waals surface area contributed by atoms with Crippen molar-refractivity contribution in [2.75, 3.05) is 44.2 Å². The van der Waals surface area contributed by atoms with Gasteiger partial charge in [0.25, 0.3) is 11.8 Å². The number of nitrogen functional groups attached to an aromatic ring is 2. The third kappa shape index (κ3) is 4.97. The number of halogens is 3. The van der Waals surface area contributed by atoms with E-state index < -0.39 is 30.6 Å². The maximum Gasteiger partial charge on any atom is 0.405 e. The van der Waals surface area contributed by atoms with Crippen LogP contribution in [0, 0.1) is 0 Å². The smallest absolute Gasteiger partial charge is 0.396 e. The van der Waals surface area contributed by atoms with Crippen LogP contribution in [-0.4, -0.2) is 76.5 Å². The second-order valence-corrected chi connectivity index (χ2v) is 7.36. The molecule has 9 nitrogen and oxygen atoms in total. The molecule has 0 saturated carbocycles. The van der Waals surface area contributed by atoms with Gasteiger partial charge in [0.05, 0.1) is 11.2 Å². The minimum Gasteiger partial charge on any atom is -0.396 e. The number of nitrogens with two attached hydrogens (primary N) is 2. The first-order valence-corrected chi connectivity index (χ1v) is 9.89. The van der Waals surface area contributed by atoms with E-state index in [1.165, 1.54) is 44.2 Å². The fourth-order valence-electron chi connectivity index (χ4n) is 3.06. The van der Waals surface area contributed by atoms with Crippen LogP contribution in [0.1, 0.15) is 21.0 Å². The number of carbonyl (C=O) groups is 2. The van der Waals surface area contributed by atoms with E-state index in [0.29, 0.717) is 0 Å². The number of anilines is 2. The van der Waals surface area contributed by atoms with Crippen LogP contribution in [0.25, 0.3) is 0 Å². The molecule has 2 aromatic rings. The molecule has 0 bridgehead atoms. The average molecular weight is 443 g/mol. The molecule has 3 rings (SSSR count). The van der Waals surface area contributed by atoms with Crippen molar-refractivity contribution in [1.82, 2.24) is 25.1 Å². The maximum atomic E-state index is 13.6. The van der Waals surface area contributed by atoms with Crippen LogP contribution in [0.5, 0.6) is 0 Å². The Bertz CT molecular complexity index is 899. The number of alkyl halides is 3. The molecule has 2 aromatic heterocycles. The van der Waals surface area contributed by atoms with Crippen LogP contribution in [0.15, 0.2) is 23.0 Å². The van der Waals surface area contributed by atoms with Crippen LogP contribution in [0.4, 0.5) is 24.7 Å². The molecular weight excluding hydrogens is 423 g/mol. The lowest BCUT2D eigenvalue weighted by Gasteiger charge is -2.39. The van der Waals surface area contributed by atoms with E-state index in [0.717, 1.165) is 0 Å². The molecule has 1 fully saturated rings. The van der Waals surface area contributed by atoms with Gasteiger partial charge in [-0.25, -0.2) is 9.97 Å². The molecule has 0 aliphatic carbocycles. The summed E-state index contributed by atoms with van der Waals surface area (Å²) >= 11 is 1.18. The van der Waals surface area contributed by atoms with Crippen molar-refractivity contribution in [2.45, 2.75) is 12.2 Å². The van der Waals surface area contributed by atoms with Gasteiger partial charge in [-0.3, -0.25) is 14.5 Å². The molecule has 1 saturated heterocycles. The molecule has 0 radical (unpaired) electrons. The summed E-state index contributed by atoms with van der Waals surface area (Å²) in [6.07, 6.45) is -4.55. The zero-order chi connectivity index (χ0) is 21.9. The van der Waals surface area contributed by atoms with E-state index in [2.05, 4.69) is 15.3 Å². The fraction of sp³-hybridized carbons (Fsp3) is 0.412. The van der Waals surface area contributed by atoms with Gasteiger partial charge in [-0.15, -0.1) is 11.3 Å². The Labute approximate surface area is 173 Å². The summed E-state index contributed by atoms with van der Waals surface area (Å²) in [5.74, 6) is -1.07. The largest absolute Gasteiger partial charge is 0.405 e. The van der Waals surface area contributed by atoms with Gasteiger partial charge >= 0.3 is 6.18 Å². The average Bonchev–Trinajstić information content (AvgIpc) is 3.24. The number of hydrogen-bond donors (Lipinski definition) is 3. The molecule has 1 unspecified atom stereocenters. The molecule has 30 heavy (non-hydrogen) atoms. The number of rotatable bonds is 5. The van der Waals surface area contributed by atoms with Gasteiger partial charge in [0.1, 0.15) is 23.2 Å². The Morgan fingerprint density at radius 1 is 1.17 bits per heavy atom. The Hall–Kier alpha value is -2.93. The maximum absolute atomic E-state index is 13.6. The van der Waals surface area contributed by atoms with Crippen LogP contribution < -0.4 is 16.8 Å². The Morgan fingerprint density at radius 2 is 1.87 bits per heavy atom. The zero-order valence-electron chi connectivity index (χ0n) is 15.7. The van der Waals surface area contributed by atoms with Gasteiger partial charge in [-0.1, -0.05) is 0 Å². The first-order valence-electron chi connectivity index (χ1n) is 8.95. The number of hydrogen-bond acceptors (Lipinski definition) is 8. The summed E-state index contributed by atoms with van der Waals surface area (Å²) < 4.78 is 40.7. The highest BCUT2D eigenvalue weighted by Crippen LogP contribution is 2.26. The SMILES string of the molecule is Nc1ccc(C(=O)N2CCN(C(CNC(=O)c3cscn3)C(F)(F)F)CC2)nc1N. The standard InChI is InChI=1S/C17H20F3N7O2S/c18-17(19,20)13(7-23-15(28)12-8-30-9-24-12)26-3-5-27(6-4-26)16(29)11-2-1-10(21)14(22)25-11/h1-2,8-9,13H,3-7,21H2,(H2,22,25)(H,23,28). The predicted octanol–water partition coefficient (Wildman–Crippen LogP) is 0.821. The number of nitrogens with one attached hydrogen (secondary N) is 1. The highest BCUT2D eigenvalue weighted by Gasteiger charge is 2.44. The minimum absolute atomic E-state index is 0.00700. The second-order valence-electron chi connectivity index (χ2n) is 6.64. The third-order valence-corrected chi connectivity index (χ3v) is 5.30. The van der Waals surface area contributed by atoms with Crippen molar-refractivity contribution in [3.05, 3.63) is 34.4 Å². The molecule has 3 heterocycles. The van der Waals surface area contributed by atoms with E-state index in [4.69, 9.17) is 11.5 Å². The van der Waals surface area contributed by atoms with Crippen LogP contribution in [0.3, 0.4) is 0 Å². The Morgan fingerprint density at radius 3 is 2.43 bits per heavy atom. The van der Waals surface area contributed by atoms with Gasteiger partial charge < -0.3 is 21.7 Å². The summed E-state index contributed by atoms with van der Waals surface area (Å²) in [5.41, 5.74) is 13.0. The van der Waals surface area contributed by atoms with Gasteiger partial charge in [0, 0.05) is 38.1 Å². The number of carbonyl (C=O) groups excluding carboxylic acids is 2. The molecule has 0 spiro atoms. The lowest BCUT2D eigenvalue weighted by Crippen LogP contribution is -2.59. The van der Waals surface area contributed by atoms with Gasteiger partial charge in [-0.2, -0.15) is 13.2 Å². The predicted molar refractivity (Wildman–Crippen MR) is 105 cm³/mol. The van der Waals surface area contributed by atoms with E-state index in [1.807, 2.05) is 0 Å². The van der Waals surface area contributed by atoms with E-state index in [-0.39, 0.29) is 49.1 Å².